The van der Waals surface area contributed by atoms with Crippen molar-refractivity contribution >= 4 is 5.91 Å². The van der Waals surface area contributed by atoms with Crippen LogP contribution in [0.3, 0.4) is 0 Å². The van der Waals surface area contributed by atoms with E-state index in [0.717, 1.165) is 24.4 Å². The molecule has 1 saturated heterocycles. The van der Waals surface area contributed by atoms with E-state index in [1.54, 1.807) is 38.3 Å². The van der Waals surface area contributed by atoms with Crippen LogP contribution in [-0.4, -0.2) is 43.7 Å². The molecule has 1 aliphatic heterocycles. The van der Waals surface area contributed by atoms with Crippen molar-refractivity contribution in [3.63, 3.8) is 0 Å². The van der Waals surface area contributed by atoms with Gasteiger partial charge >= 0.3 is 0 Å². The number of hydrogen-bond acceptors (Lipinski definition) is 5. The average molecular weight is 393 g/mol. The zero-order valence-corrected chi connectivity index (χ0v) is 16.9. The van der Waals surface area contributed by atoms with Crippen LogP contribution in [0, 0.1) is 11.3 Å². The summed E-state index contributed by atoms with van der Waals surface area (Å²) in [6, 6.07) is 17.0. The van der Waals surface area contributed by atoms with E-state index in [1.165, 1.54) is 12.8 Å². The van der Waals surface area contributed by atoms with Gasteiger partial charge in [-0.25, -0.2) is 0 Å². The van der Waals surface area contributed by atoms with E-state index in [-0.39, 0.29) is 11.9 Å². The van der Waals surface area contributed by atoms with Crippen molar-refractivity contribution in [1.29, 1.82) is 5.26 Å². The topological polar surface area (TPSA) is 74.6 Å². The standard InChI is InChI=1S/C23H27N3O3/c1-17(29-21-9-5-18(15-24)6-10-21)23(27)25-16-22(26-13-3-4-14-26)19-7-11-20(28-2)12-8-19/h5-12,17,22H,3-4,13-14,16H2,1-2H3,(H,25,27). The lowest BCUT2D eigenvalue weighted by Gasteiger charge is -2.29. The van der Waals surface area contributed by atoms with Crippen LogP contribution in [-0.2, 0) is 4.79 Å². The van der Waals surface area contributed by atoms with Crippen LogP contribution in [0.25, 0.3) is 0 Å². The fraction of sp³-hybridized carbons (Fsp3) is 0.391. The highest BCUT2D eigenvalue weighted by atomic mass is 16.5. The number of likely N-dealkylation sites (tertiary alicyclic amines) is 1. The van der Waals surface area contributed by atoms with Gasteiger partial charge in [0.2, 0.25) is 0 Å². The third-order valence-corrected chi connectivity index (χ3v) is 5.22. The number of carbonyl (C=O) groups excluding carboxylic acids is 1. The molecule has 0 spiro atoms. The summed E-state index contributed by atoms with van der Waals surface area (Å²) in [5.41, 5.74) is 1.72. The maximum Gasteiger partial charge on any atom is 0.260 e. The molecule has 2 aromatic rings. The highest BCUT2D eigenvalue weighted by molar-refractivity contribution is 5.80. The van der Waals surface area contributed by atoms with Gasteiger partial charge in [0.25, 0.3) is 5.91 Å². The molecule has 2 unspecified atom stereocenters. The average Bonchev–Trinajstić information content (AvgIpc) is 3.29. The number of ether oxygens (including phenoxy) is 2. The number of nitriles is 1. The number of carbonyl (C=O) groups is 1. The Morgan fingerprint density at radius 1 is 1.10 bits per heavy atom. The summed E-state index contributed by atoms with van der Waals surface area (Å²) >= 11 is 0. The summed E-state index contributed by atoms with van der Waals surface area (Å²) in [7, 11) is 1.66. The normalized spacial score (nSPS) is 15.9. The fourth-order valence-electron chi connectivity index (χ4n) is 3.54. The van der Waals surface area contributed by atoms with Crippen LogP contribution in [0.2, 0.25) is 0 Å². The molecule has 152 valence electrons. The molecule has 6 heteroatoms. The zero-order chi connectivity index (χ0) is 20.6. The molecule has 3 rings (SSSR count). The lowest BCUT2D eigenvalue weighted by molar-refractivity contribution is -0.127. The summed E-state index contributed by atoms with van der Waals surface area (Å²) in [6.45, 7) is 4.31. The molecule has 0 saturated carbocycles. The van der Waals surface area contributed by atoms with Gasteiger partial charge < -0.3 is 14.8 Å². The third-order valence-electron chi connectivity index (χ3n) is 5.22. The first kappa shape index (κ1) is 20.7. The van der Waals surface area contributed by atoms with E-state index < -0.39 is 6.10 Å². The molecule has 6 nitrogen and oxygen atoms in total. The van der Waals surface area contributed by atoms with Crippen molar-refractivity contribution in [3.05, 3.63) is 59.7 Å². The van der Waals surface area contributed by atoms with Crippen LogP contribution in [0.5, 0.6) is 11.5 Å². The molecule has 2 aromatic carbocycles. The van der Waals surface area contributed by atoms with E-state index in [1.807, 2.05) is 12.1 Å². The van der Waals surface area contributed by atoms with E-state index in [0.29, 0.717) is 17.9 Å². The lowest BCUT2D eigenvalue weighted by atomic mass is 10.1. The van der Waals surface area contributed by atoms with Crippen molar-refractivity contribution in [2.45, 2.75) is 31.9 Å². The Labute approximate surface area is 172 Å². The molecule has 1 aliphatic rings. The van der Waals surface area contributed by atoms with Crippen LogP contribution in [0.15, 0.2) is 48.5 Å². The minimum Gasteiger partial charge on any atom is -0.497 e. The highest BCUT2D eigenvalue weighted by Crippen LogP contribution is 2.26. The van der Waals surface area contributed by atoms with Gasteiger partial charge in [-0.05, 0) is 74.8 Å². The first-order valence-electron chi connectivity index (χ1n) is 9.93. The predicted octanol–water partition coefficient (Wildman–Crippen LogP) is 3.29. The number of amides is 1. The molecule has 1 heterocycles. The highest BCUT2D eigenvalue weighted by Gasteiger charge is 2.25. The van der Waals surface area contributed by atoms with Crippen LogP contribution in [0.4, 0.5) is 0 Å². The molecule has 0 radical (unpaired) electrons. The van der Waals surface area contributed by atoms with Crippen LogP contribution in [0.1, 0.15) is 36.9 Å². The van der Waals surface area contributed by atoms with Crippen molar-refractivity contribution in [2.24, 2.45) is 0 Å². The van der Waals surface area contributed by atoms with Gasteiger partial charge in [-0.1, -0.05) is 12.1 Å². The van der Waals surface area contributed by atoms with Crippen molar-refractivity contribution in [1.82, 2.24) is 10.2 Å². The monoisotopic (exact) mass is 393 g/mol. The quantitative estimate of drug-likeness (QED) is 0.745. The SMILES string of the molecule is COc1ccc(C(CNC(=O)C(C)Oc2ccc(C#N)cc2)N2CCCC2)cc1. The Morgan fingerprint density at radius 3 is 2.31 bits per heavy atom. The van der Waals surface area contributed by atoms with Crippen molar-refractivity contribution in [3.8, 4) is 17.6 Å². The maximum atomic E-state index is 12.6. The van der Waals surface area contributed by atoms with Crippen LogP contribution < -0.4 is 14.8 Å². The van der Waals surface area contributed by atoms with Gasteiger partial charge in [0.05, 0.1) is 24.8 Å². The Hall–Kier alpha value is -3.04. The van der Waals surface area contributed by atoms with Crippen molar-refractivity contribution in [2.75, 3.05) is 26.7 Å². The van der Waals surface area contributed by atoms with Crippen LogP contribution >= 0.6 is 0 Å². The zero-order valence-electron chi connectivity index (χ0n) is 16.9. The molecule has 1 N–H and O–H groups in total. The third kappa shape index (κ3) is 5.49. The van der Waals surface area contributed by atoms with Gasteiger partial charge in [0.1, 0.15) is 11.5 Å². The second-order valence-electron chi connectivity index (χ2n) is 7.17. The molecule has 1 amide bonds. The van der Waals surface area contributed by atoms with Gasteiger partial charge in [0, 0.05) is 6.54 Å². The molecular weight excluding hydrogens is 366 g/mol. The lowest BCUT2D eigenvalue weighted by Crippen LogP contribution is -2.42. The summed E-state index contributed by atoms with van der Waals surface area (Å²) in [4.78, 5) is 15.0. The van der Waals surface area contributed by atoms with E-state index >= 15 is 0 Å². The van der Waals surface area contributed by atoms with Crippen molar-refractivity contribution < 1.29 is 14.3 Å². The first-order chi connectivity index (χ1) is 14.1. The molecular formula is C23H27N3O3. The molecule has 29 heavy (non-hydrogen) atoms. The minimum atomic E-state index is -0.627. The Balaban J connectivity index is 1.61. The summed E-state index contributed by atoms with van der Waals surface area (Å²) < 4.78 is 11.0. The van der Waals surface area contributed by atoms with E-state index in [4.69, 9.17) is 14.7 Å². The van der Waals surface area contributed by atoms with Gasteiger partial charge in [0.15, 0.2) is 6.10 Å². The van der Waals surface area contributed by atoms with E-state index in [9.17, 15) is 4.79 Å². The minimum absolute atomic E-state index is 0.120. The largest absolute Gasteiger partial charge is 0.497 e. The molecule has 2 atom stereocenters. The Bertz CT molecular complexity index is 837. The smallest absolute Gasteiger partial charge is 0.260 e. The molecule has 1 fully saturated rings. The number of rotatable bonds is 8. The predicted molar refractivity (Wildman–Crippen MR) is 111 cm³/mol. The number of hydrogen-bond donors (Lipinski definition) is 1. The summed E-state index contributed by atoms with van der Waals surface area (Å²) in [5.74, 6) is 1.23. The second-order valence-corrected chi connectivity index (χ2v) is 7.17. The molecule has 0 aliphatic carbocycles. The number of benzene rings is 2. The molecule has 0 aromatic heterocycles. The number of nitrogens with zero attached hydrogens (tertiary/aromatic N) is 2. The van der Waals surface area contributed by atoms with Gasteiger partial charge in [-0.3, -0.25) is 9.69 Å². The second kappa shape index (κ2) is 9.94. The number of nitrogens with one attached hydrogen (secondary N) is 1. The summed E-state index contributed by atoms with van der Waals surface area (Å²) in [6.07, 6.45) is 1.73. The van der Waals surface area contributed by atoms with Gasteiger partial charge in [-0.15, -0.1) is 0 Å². The maximum absolute atomic E-state index is 12.6. The summed E-state index contributed by atoms with van der Waals surface area (Å²) in [5, 5.41) is 11.9. The Kier molecular flexibility index (Phi) is 7.09. The first-order valence-corrected chi connectivity index (χ1v) is 9.93. The van der Waals surface area contributed by atoms with Gasteiger partial charge in [-0.2, -0.15) is 5.26 Å². The Morgan fingerprint density at radius 2 is 1.72 bits per heavy atom. The fourth-order valence-corrected chi connectivity index (χ4v) is 3.54. The molecule has 0 bridgehead atoms. The van der Waals surface area contributed by atoms with E-state index in [2.05, 4.69) is 28.4 Å². The number of methoxy groups -OCH3 is 1.